The van der Waals surface area contributed by atoms with E-state index in [1.165, 1.54) is 17.5 Å². The maximum absolute atomic E-state index is 13.2. The summed E-state index contributed by atoms with van der Waals surface area (Å²) in [6, 6.07) is 10.4. The van der Waals surface area contributed by atoms with E-state index in [9.17, 15) is 13.2 Å². The monoisotopic (exact) mass is 416 g/mol. The van der Waals surface area contributed by atoms with E-state index >= 15 is 0 Å². The lowest BCUT2D eigenvalue weighted by atomic mass is 10.1. The first-order valence-electron chi connectivity index (χ1n) is 9.96. The van der Waals surface area contributed by atoms with Gasteiger partial charge in [-0.2, -0.15) is 4.31 Å². The summed E-state index contributed by atoms with van der Waals surface area (Å²) in [6.07, 6.45) is 3.50. The zero-order valence-electron chi connectivity index (χ0n) is 17.2. The van der Waals surface area contributed by atoms with Crippen molar-refractivity contribution in [3.8, 4) is 5.75 Å². The highest BCUT2D eigenvalue weighted by Crippen LogP contribution is 2.30. The number of carbonyl (C=O) groups is 1. The van der Waals surface area contributed by atoms with Gasteiger partial charge < -0.3 is 10.1 Å². The SMILES string of the molecule is CCc1cccc(C)c1NC(=O)c1ccc(OC)c(S(=O)(=O)N2CCCCC2)c1. The average molecular weight is 417 g/mol. The van der Waals surface area contributed by atoms with Crippen molar-refractivity contribution in [1.29, 1.82) is 0 Å². The van der Waals surface area contributed by atoms with Gasteiger partial charge in [-0.15, -0.1) is 0 Å². The van der Waals surface area contributed by atoms with Gasteiger partial charge in [0.15, 0.2) is 0 Å². The Balaban J connectivity index is 1.95. The molecule has 0 aliphatic carbocycles. The Morgan fingerprint density at radius 2 is 1.86 bits per heavy atom. The number of sulfonamides is 1. The average Bonchev–Trinajstić information content (AvgIpc) is 2.75. The van der Waals surface area contributed by atoms with Crippen molar-refractivity contribution in [1.82, 2.24) is 4.31 Å². The number of carbonyl (C=O) groups excluding carboxylic acids is 1. The highest BCUT2D eigenvalue weighted by molar-refractivity contribution is 7.89. The van der Waals surface area contributed by atoms with Crippen LogP contribution < -0.4 is 10.1 Å². The van der Waals surface area contributed by atoms with Crippen molar-refractivity contribution in [2.24, 2.45) is 0 Å². The topological polar surface area (TPSA) is 75.7 Å². The number of hydrogen-bond donors (Lipinski definition) is 1. The summed E-state index contributed by atoms with van der Waals surface area (Å²) < 4.78 is 33.1. The minimum absolute atomic E-state index is 0.0371. The standard InChI is InChI=1S/C22H28N2O4S/c1-4-17-10-8-9-16(2)21(17)23-22(25)18-11-12-19(28-3)20(15-18)29(26,27)24-13-6-5-7-14-24/h8-12,15H,4-7,13-14H2,1-3H3,(H,23,25). The molecular weight excluding hydrogens is 388 g/mol. The van der Waals surface area contributed by atoms with Crippen molar-refractivity contribution in [3.05, 3.63) is 53.1 Å². The predicted molar refractivity (Wildman–Crippen MR) is 114 cm³/mol. The summed E-state index contributed by atoms with van der Waals surface area (Å²) in [5.41, 5.74) is 3.06. The number of piperidine rings is 1. The molecule has 1 saturated heterocycles. The number of anilines is 1. The molecule has 7 heteroatoms. The third kappa shape index (κ3) is 4.46. The molecule has 1 aliphatic heterocycles. The van der Waals surface area contributed by atoms with E-state index in [4.69, 9.17) is 4.74 Å². The van der Waals surface area contributed by atoms with Crippen LogP contribution in [-0.4, -0.2) is 38.8 Å². The van der Waals surface area contributed by atoms with E-state index in [0.717, 1.165) is 42.5 Å². The molecule has 2 aromatic carbocycles. The molecule has 1 amide bonds. The first-order chi connectivity index (χ1) is 13.9. The first-order valence-corrected chi connectivity index (χ1v) is 11.4. The number of hydrogen-bond acceptors (Lipinski definition) is 4. The lowest BCUT2D eigenvalue weighted by Gasteiger charge is -2.26. The lowest BCUT2D eigenvalue weighted by Crippen LogP contribution is -2.35. The van der Waals surface area contributed by atoms with Gasteiger partial charge in [0.1, 0.15) is 10.6 Å². The van der Waals surface area contributed by atoms with E-state index in [2.05, 4.69) is 5.32 Å². The molecule has 29 heavy (non-hydrogen) atoms. The second-order valence-corrected chi connectivity index (χ2v) is 9.15. The van der Waals surface area contributed by atoms with Crippen molar-refractivity contribution < 1.29 is 17.9 Å². The van der Waals surface area contributed by atoms with Gasteiger partial charge in [-0.1, -0.05) is 31.5 Å². The fourth-order valence-corrected chi connectivity index (χ4v) is 5.35. The van der Waals surface area contributed by atoms with Crippen molar-refractivity contribution >= 4 is 21.6 Å². The smallest absolute Gasteiger partial charge is 0.255 e. The molecule has 1 aliphatic rings. The number of nitrogens with one attached hydrogen (secondary N) is 1. The molecule has 0 spiro atoms. The molecule has 1 heterocycles. The molecule has 2 aromatic rings. The number of methoxy groups -OCH3 is 1. The minimum Gasteiger partial charge on any atom is -0.495 e. The largest absolute Gasteiger partial charge is 0.495 e. The molecule has 0 atom stereocenters. The Bertz CT molecular complexity index is 996. The molecule has 6 nitrogen and oxygen atoms in total. The van der Waals surface area contributed by atoms with E-state index in [-0.39, 0.29) is 22.1 Å². The Labute approximate surface area is 172 Å². The Kier molecular flexibility index (Phi) is 6.59. The van der Waals surface area contributed by atoms with Gasteiger partial charge in [-0.25, -0.2) is 8.42 Å². The number of nitrogens with zero attached hydrogens (tertiary/aromatic N) is 1. The van der Waals surface area contributed by atoms with E-state index < -0.39 is 10.0 Å². The van der Waals surface area contributed by atoms with Crippen LogP contribution in [0.1, 0.15) is 47.7 Å². The normalized spacial score (nSPS) is 15.1. The van der Waals surface area contributed by atoms with E-state index in [0.29, 0.717) is 13.1 Å². The summed E-state index contributed by atoms with van der Waals surface area (Å²) in [4.78, 5) is 13.0. The van der Waals surface area contributed by atoms with Gasteiger partial charge in [-0.05, 0) is 55.5 Å². The second kappa shape index (κ2) is 8.97. The first kappa shape index (κ1) is 21.3. The number of ether oxygens (including phenoxy) is 1. The van der Waals surface area contributed by atoms with Crippen LogP contribution in [0.25, 0.3) is 0 Å². The van der Waals surface area contributed by atoms with Crippen molar-refractivity contribution in [2.45, 2.75) is 44.4 Å². The number of aryl methyl sites for hydroxylation is 2. The summed E-state index contributed by atoms with van der Waals surface area (Å²) in [7, 11) is -2.29. The third-order valence-electron chi connectivity index (χ3n) is 5.34. The van der Waals surface area contributed by atoms with Crippen LogP contribution in [0.4, 0.5) is 5.69 Å². The van der Waals surface area contributed by atoms with Gasteiger partial charge in [0.25, 0.3) is 5.91 Å². The molecule has 0 unspecified atom stereocenters. The van der Waals surface area contributed by atoms with E-state index in [1.54, 1.807) is 12.1 Å². The Hall–Kier alpha value is -2.38. The van der Waals surface area contributed by atoms with E-state index in [1.807, 2.05) is 32.0 Å². The molecule has 1 N–H and O–H groups in total. The summed E-state index contributed by atoms with van der Waals surface area (Å²) in [5.74, 6) is -0.0935. The minimum atomic E-state index is -3.73. The van der Waals surface area contributed by atoms with Gasteiger partial charge in [0.05, 0.1) is 7.11 Å². The summed E-state index contributed by atoms with van der Waals surface area (Å²) >= 11 is 0. The zero-order valence-corrected chi connectivity index (χ0v) is 18.0. The lowest BCUT2D eigenvalue weighted by molar-refractivity contribution is 0.102. The molecule has 0 radical (unpaired) electrons. The fourth-order valence-electron chi connectivity index (χ4n) is 3.65. The zero-order chi connectivity index (χ0) is 21.0. The predicted octanol–water partition coefficient (Wildman–Crippen LogP) is 3.99. The van der Waals surface area contributed by atoms with Gasteiger partial charge in [0.2, 0.25) is 10.0 Å². The molecule has 0 saturated carbocycles. The van der Waals surface area contributed by atoms with Crippen LogP contribution in [-0.2, 0) is 16.4 Å². The number of benzene rings is 2. The maximum atomic E-state index is 13.2. The summed E-state index contributed by atoms with van der Waals surface area (Å²) in [5, 5.41) is 2.95. The van der Waals surface area contributed by atoms with Gasteiger partial charge >= 0.3 is 0 Å². The molecule has 1 fully saturated rings. The van der Waals surface area contributed by atoms with Crippen molar-refractivity contribution in [2.75, 3.05) is 25.5 Å². The highest BCUT2D eigenvalue weighted by Gasteiger charge is 2.29. The van der Waals surface area contributed by atoms with Gasteiger partial charge in [0, 0.05) is 24.3 Å². The third-order valence-corrected chi connectivity index (χ3v) is 7.26. The highest BCUT2D eigenvalue weighted by atomic mass is 32.2. The quantitative estimate of drug-likeness (QED) is 0.772. The molecule has 0 bridgehead atoms. The van der Waals surface area contributed by atoms with Crippen LogP contribution in [0, 0.1) is 6.92 Å². The van der Waals surface area contributed by atoms with Crippen molar-refractivity contribution in [3.63, 3.8) is 0 Å². The van der Waals surface area contributed by atoms with Crippen LogP contribution in [0.2, 0.25) is 0 Å². The maximum Gasteiger partial charge on any atom is 0.255 e. The molecule has 156 valence electrons. The molecule has 0 aromatic heterocycles. The molecule has 3 rings (SSSR count). The van der Waals surface area contributed by atoms with Crippen LogP contribution in [0.15, 0.2) is 41.3 Å². The molecular formula is C22H28N2O4S. The summed E-state index contributed by atoms with van der Waals surface area (Å²) in [6.45, 7) is 4.95. The van der Waals surface area contributed by atoms with Gasteiger partial charge in [-0.3, -0.25) is 4.79 Å². The second-order valence-electron chi connectivity index (χ2n) is 7.25. The van der Waals surface area contributed by atoms with Crippen LogP contribution >= 0.6 is 0 Å². The number of rotatable bonds is 6. The van der Waals surface area contributed by atoms with Crippen LogP contribution in [0.5, 0.6) is 5.75 Å². The Morgan fingerprint density at radius 1 is 1.14 bits per heavy atom. The number of para-hydroxylation sites is 1. The Morgan fingerprint density at radius 3 is 2.52 bits per heavy atom. The number of amides is 1. The van der Waals surface area contributed by atoms with Crippen LogP contribution in [0.3, 0.4) is 0 Å². The fraction of sp³-hybridized carbons (Fsp3) is 0.409.